The summed E-state index contributed by atoms with van der Waals surface area (Å²) in [6, 6.07) is 6.43. The maximum Gasteiger partial charge on any atom is 0.320 e. The molecular formula is C32H49AuN5O11-2. The van der Waals surface area contributed by atoms with Gasteiger partial charge in [0.1, 0.15) is 6.04 Å². The maximum absolute atomic E-state index is 11.8. The van der Waals surface area contributed by atoms with Gasteiger partial charge in [-0.3, -0.25) is 49.9 Å². The van der Waals surface area contributed by atoms with Crippen molar-refractivity contribution in [2.24, 2.45) is 5.73 Å². The summed E-state index contributed by atoms with van der Waals surface area (Å²) >= 11 is 0. The summed E-state index contributed by atoms with van der Waals surface area (Å²) in [6.45, 7) is 4.05. The second-order valence-corrected chi connectivity index (χ2v) is 11.6. The molecule has 0 spiro atoms. The molecule has 1 aromatic rings. The Labute approximate surface area is 302 Å². The quantitative estimate of drug-likeness (QED) is 0.0862. The van der Waals surface area contributed by atoms with E-state index < -0.39 is 41.9 Å². The van der Waals surface area contributed by atoms with Gasteiger partial charge in [0.15, 0.2) is 0 Å². The van der Waals surface area contributed by atoms with Crippen LogP contribution in [0.15, 0.2) is 24.3 Å². The summed E-state index contributed by atoms with van der Waals surface area (Å²) in [6.07, 6.45) is 5.16. The molecule has 0 saturated carbocycles. The van der Waals surface area contributed by atoms with Gasteiger partial charge >= 0.3 is 29.8 Å². The number of carboxylic acid groups (broad SMARTS) is 5. The zero-order valence-electron chi connectivity index (χ0n) is 27.5. The Hall–Kier alpha value is -3.22. The molecule has 0 aromatic heterocycles. The monoisotopic (exact) mass is 876 g/mol. The Bertz CT molecular complexity index is 1170. The van der Waals surface area contributed by atoms with Gasteiger partial charge in [0.25, 0.3) is 0 Å². The van der Waals surface area contributed by atoms with Crippen LogP contribution in [0.25, 0.3) is 0 Å². The summed E-state index contributed by atoms with van der Waals surface area (Å²) in [7, 11) is 0. The van der Waals surface area contributed by atoms with Crippen molar-refractivity contribution in [1.82, 2.24) is 19.6 Å². The smallest absolute Gasteiger partial charge is 0.320 e. The van der Waals surface area contributed by atoms with Crippen LogP contribution in [0.2, 0.25) is 0 Å². The minimum Gasteiger partial charge on any atom is -0.542 e. The Balaban J connectivity index is 0.00000202. The molecular weight excluding hydrogens is 827 g/mol. The number of carbonyl (C=O) groups excluding carboxylic acids is 1. The van der Waals surface area contributed by atoms with Gasteiger partial charge in [-0.25, -0.2) is 0 Å². The van der Waals surface area contributed by atoms with Gasteiger partial charge < -0.3 is 43.0 Å². The molecule has 1 aliphatic rings. The Morgan fingerprint density at radius 3 is 1.65 bits per heavy atom. The second kappa shape index (κ2) is 25.7. The van der Waals surface area contributed by atoms with Crippen LogP contribution in [0.5, 0.6) is 0 Å². The van der Waals surface area contributed by atoms with E-state index in [1.54, 1.807) is 19.6 Å². The minimum absolute atomic E-state index is 0. The van der Waals surface area contributed by atoms with Crippen molar-refractivity contribution in [3.05, 3.63) is 42.3 Å². The number of hydrogen-bond donors (Lipinski definition) is 6. The second-order valence-electron chi connectivity index (χ2n) is 11.6. The van der Waals surface area contributed by atoms with E-state index in [1.165, 1.54) is 0 Å². The molecule has 1 fully saturated rings. The molecule has 0 bridgehead atoms. The van der Waals surface area contributed by atoms with Gasteiger partial charge in [-0.05, 0) is 18.4 Å². The summed E-state index contributed by atoms with van der Waals surface area (Å²) in [5.74, 6) is -5.14. The van der Waals surface area contributed by atoms with Crippen LogP contribution in [0.4, 0.5) is 0 Å². The molecule has 1 radical (unpaired) electrons. The van der Waals surface area contributed by atoms with Crippen LogP contribution in [0.3, 0.4) is 0 Å². The van der Waals surface area contributed by atoms with Crippen molar-refractivity contribution >= 4 is 36.1 Å². The van der Waals surface area contributed by atoms with Gasteiger partial charge in [-0.2, -0.15) is 6.42 Å². The van der Waals surface area contributed by atoms with E-state index in [0.717, 1.165) is 24.0 Å². The predicted octanol–water partition coefficient (Wildman–Crippen LogP) is -0.400. The van der Waals surface area contributed by atoms with Crippen LogP contribution < -0.4 is 5.73 Å². The Morgan fingerprint density at radius 2 is 1.20 bits per heavy atom. The molecule has 1 unspecified atom stereocenters. The van der Waals surface area contributed by atoms with Gasteiger partial charge in [0, 0.05) is 74.2 Å². The Kier molecular flexibility index (Phi) is 24.0. The first-order valence-corrected chi connectivity index (χ1v) is 15.7. The third-order valence-electron chi connectivity index (χ3n) is 7.66. The van der Waals surface area contributed by atoms with E-state index in [2.05, 4.69) is 6.92 Å². The van der Waals surface area contributed by atoms with Crippen molar-refractivity contribution in [2.45, 2.75) is 50.6 Å². The molecule has 1 heterocycles. The van der Waals surface area contributed by atoms with Gasteiger partial charge in [0.05, 0.1) is 26.2 Å². The molecule has 1 aliphatic heterocycles. The zero-order valence-corrected chi connectivity index (χ0v) is 29.7. The topological polar surface area (TPSA) is 243 Å². The van der Waals surface area contributed by atoms with Crippen molar-refractivity contribution in [3.8, 4) is 0 Å². The number of benzene rings is 1. The summed E-state index contributed by atoms with van der Waals surface area (Å²) < 4.78 is 0. The first-order valence-electron chi connectivity index (χ1n) is 15.7. The first kappa shape index (κ1) is 45.8. The fraction of sp³-hybridized carbons (Fsp3) is 0.594. The molecule has 2 rings (SSSR count). The molecule has 1 saturated heterocycles. The third-order valence-corrected chi connectivity index (χ3v) is 7.66. The number of carboxylic acids is 5. The summed E-state index contributed by atoms with van der Waals surface area (Å²) in [5.41, 5.74) is 7.03. The van der Waals surface area contributed by atoms with Crippen molar-refractivity contribution in [2.75, 3.05) is 72.0 Å². The molecule has 2 atom stereocenters. The van der Waals surface area contributed by atoms with Crippen LogP contribution in [0.1, 0.15) is 36.8 Å². The molecule has 0 amide bonds. The first-order chi connectivity index (χ1) is 22.7. The maximum atomic E-state index is 11.8. The fourth-order valence-corrected chi connectivity index (χ4v) is 5.15. The molecule has 7 N–H and O–H groups in total. The molecule has 1 aromatic carbocycles. The third kappa shape index (κ3) is 21.5. The van der Waals surface area contributed by atoms with Crippen LogP contribution in [-0.4, -0.2) is 165 Å². The number of aliphatic carboxylic acids is 5. The number of nitrogens with zero attached hydrogens (tertiary/aromatic N) is 4. The van der Waals surface area contributed by atoms with Gasteiger partial charge in [-0.15, -0.1) is 6.42 Å². The van der Waals surface area contributed by atoms with Crippen LogP contribution in [0, 0.1) is 6.92 Å². The molecule has 49 heavy (non-hydrogen) atoms. The normalized spacial score (nSPS) is 17.6. The molecule has 0 aliphatic carbocycles. The largest absolute Gasteiger partial charge is 0.542 e. The van der Waals surface area contributed by atoms with Crippen molar-refractivity contribution < 1.29 is 76.7 Å². The number of unbranched alkanes of at least 4 members (excludes halogenated alkanes) is 1. The van der Waals surface area contributed by atoms with E-state index in [-0.39, 0.29) is 101 Å². The minimum atomic E-state index is -1.06. The van der Waals surface area contributed by atoms with Crippen LogP contribution in [-0.2, 0) is 64.0 Å². The predicted molar refractivity (Wildman–Crippen MR) is 174 cm³/mol. The standard InChI is InChI=1S/C26H37N4O9.C6H12NO2.Au/c31-13-1-2-20-3-5-21(6-4-20)14-22-15-29(18-25(36)37)10-9-27(16-23(32)33)7-8-28(17-24(34)35)11-12-30(22)19-26(38)39;1-2-3-4-5(7)6(8)9;/h3-6,22H,1-2,7-12,14-19H2,(H,32,33)(H,34,35)(H,36,37)(H,38,39);5H,1-4,7H2,(H,8,9);/q2*-1;/t;5-;/m.0./s1. The summed E-state index contributed by atoms with van der Waals surface area (Å²) in [4.78, 5) is 73.7. The Morgan fingerprint density at radius 1 is 0.755 bits per heavy atom. The molecule has 281 valence electrons. The average Bonchev–Trinajstić information content (AvgIpc) is 3.00. The number of carbonyl (C=O) groups is 5. The number of rotatable bonds is 17. The van der Waals surface area contributed by atoms with Crippen molar-refractivity contribution in [1.29, 1.82) is 0 Å². The number of hydrogen-bond acceptors (Lipinski definition) is 11. The molecule has 16 nitrogen and oxygen atoms in total. The van der Waals surface area contributed by atoms with Gasteiger partial charge in [-0.1, -0.05) is 42.7 Å². The SMILES string of the molecule is O=[C-]CCc1ccc(CC2CN(CC(=O)O)CCN(CC(=O)O)CCN(CC(=O)O)CCN2CC(=O)O)cc1.[Au].[CH2-]CCC[C@H](N)C(=O)O. The molecule has 17 heteroatoms. The van der Waals surface area contributed by atoms with E-state index in [9.17, 15) is 49.2 Å². The number of aryl methyl sites for hydroxylation is 1. The van der Waals surface area contributed by atoms with E-state index in [4.69, 9.17) is 10.8 Å². The van der Waals surface area contributed by atoms with E-state index >= 15 is 0 Å². The zero-order chi connectivity index (χ0) is 36.1. The fourth-order valence-electron chi connectivity index (χ4n) is 5.15. The van der Waals surface area contributed by atoms with E-state index in [1.807, 2.05) is 30.6 Å². The number of nitrogens with two attached hydrogens (primary N) is 1. The van der Waals surface area contributed by atoms with Crippen molar-refractivity contribution in [3.63, 3.8) is 0 Å². The summed E-state index contributed by atoms with van der Waals surface area (Å²) in [5, 5.41) is 46.1. The van der Waals surface area contributed by atoms with Crippen LogP contribution >= 0.6 is 0 Å². The average molecular weight is 877 g/mol. The van der Waals surface area contributed by atoms with E-state index in [0.29, 0.717) is 19.3 Å². The van der Waals surface area contributed by atoms with Gasteiger partial charge in [0.2, 0.25) is 0 Å².